The van der Waals surface area contributed by atoms with E-state index < -0.39 is 35.4 Å². The summed E-state index contributed by atoms with van der Waals surface area (Å²) in [6.07, 6.45) is 0.672. The van der Waals surface area contributed by atoms with Crippen molar-refractivity contribution in [1.29, 1.82) is 0 Å². The highest BCUT2D eigenvalue weighted by molar-refractivity contribution is 5.86. The fourth-order valence-electron chi connectivity index (χ4n) is 2.82. The zero-order valence-corrected chi connectivity index (χ0v) is 14.9. The van der Waals surface area contributed by atoms with Crippen LogP contribution in [0.4, 0.5) is 13.6 Å². The number of nitrogens with one attached hydrogen (secondary N) is 1. The maximum absolute atomic E-state index is 13.8. The number of likely N-dealkylation sites (tertiary alicyclic amines) is 1. The van der Waals surface area contributed by atoms with Crippen LogP contribution in [-0.4, -0.2) is 35.1 Å². The van der Waals surface area contributed by atoms with Crippen molar-refractivity contribution in [3.05, 3.63) is 35.4 Å². The van der Waals surface area contributed by atoms with E-state index in [1.165, 1.54) is 11.0 Å². The SMILES string of the molecule is CC(NC(=O)C1CCCN1C(=O)OC(C)(C)C)c1ccc(F)cc1F. The molecule has 2 rings (SSSR count). The van der Waals surface area contributed by atoms with Crippen LogP contribution in [0.15, 0.2) is 18.2 Å². The minimum atomic E-state index is -0.719. The maximum atomic E-state index is 13.8. The van der Waals surface area contributed by atoms with E-state index in [0.29, 0.717) is 19.4 Å². The molecule has 1 aromatic carbocycles. The molecular formula is C18H24F2N2O3. The summed E-state index contributed by atoms with van der Waals surface area (Å²) in [5.74, 6) is -1.77. The summed E-state index contributed by atoms with van der Waals surface area (Å²) in [6, 6.07) is 1.93. The molecule has 2 atom stereocenters. The number of nitrogens with zero attached hydrogens (tertiary/aromatic N) is 1. The molecule has 0 aromatic heterocycles. The van der Waals surface area contributed by atoms with Crippen LogP contribution in [0.1, 0.15) is 52.1 Å². The van der Waals surface area contributed by atoms with Gasteiger partial charge in [0.15, 0.2) is 0 Å². The Kier molecular flexibility index (Phi) is 5.65. The molecule has 5 nitrogen and oxygen atoms in total. The van der Waals surface area contributed by atoms with Crippen molar-refractivity contribution in [2.24, 2.45) is 0 Å². The minimum absolute atomic E-state index is 0.191. The second-order valence-electron chi connectivity index (χ2n) is 7.23. The van der Waals surface area contributed by atoms with Gasteiger partial charge in [0.25, 0.3) is 0 Å². The first-order valence-corrected chi connectivity index (χ1v) is 8.33. The Morgan fingerprint density at radius 3 is 2.60 bits per heavy atom. The predicted molar refractivity (Wildman–Crippen MR) is 88.9 cm³/mol. The number of carbonyl (C=O) groups excluding carboxylic acids is 2. The van der Waals surface area contributed by atoms with Crippen LogP contribution < -0.4 is 5.32 Å². The Hall–Kier alpha value is -2.18. The largest absolute Gasteiger partial charge is 0.444 e. The van der Waals surface area contributed by atoms with E-state index in [-0.39, 0.29) is 11.5 Å². The molecule has 7 heteroatoms. The number of ether oxygens (including phenoxy) is 1. The first-order chi connectivity index (χ1) is 11.6. The molecule has 1 aromatic rings. The zero-order valence-electron chi connectivity index (χ0n) is 14.9. The summed E-state index contributed by atoms with van der Waals surface area (Å²) in [6.45, 7) is 7.33. The van der Waals surface area contributed by atoms with Crippen molar-refractivity contribution in [2.45, 2.75) is 58.2 Å². The molecule has 1 heterocycles. The third-order valence-electron chi connectivity index (χ3n) is 3.97. The van der Waals surface area contributed by atoms with E-state index in [9.17, 15) is 18.4 Å². The van der Waals surface area contributed by atoms with Crippen LogP contribution in [0.25, 0.3) is 0 Å². The molecule has 0 spiro atoms. The first-order valence-electron chi connectivity index (χ1n) is 8.33. The summed E-state index contributed by atoms with van der Waals surface area (Å²) >= 11 is 0. The molecule has 1 fully saturated rings. The summed E-state index contributed by atoms with van der Waals surface area (Å²) in [7, 11) is 0. The van der Waals surface area contributed by atoms with E-state index in [0.717, 1.165) is 12.1 Å². The highest BCUT2D eigenvalue weighted by Crippen LogP contribution is 2.23. The van der Waals surface area contributed by atoms with E-state index in [1.54, 1.807) is 27.7 Å². The van der Waals surface area contributed by atoms with Gasteiger partial charge in [0.05, 0.1) is 6.04 Å². The minimum Gasteiger partial charge on any atom is -0.444 e. The van der Waals surface area contributed by atoms with Crippen LogP contribution in [0.5, 0.6) is 0 Å². The quantitative estimate of drug-likeness (QED) is 0.903. The van der Waals surface area contributed by atoms with Gasteiger partial charge in [-0.05, 0) is 46.6 Å². The number of hydrogen-bond donors (Lipinski definition) is 1. The van der Waals surface area contributed by atoms with E-state index >= 15 is 0 Å². The highest BCUT2D eigenvalue weighted by Gasteiger charge is 2.37. The number of rotatable bonds is 3. The van der Waals surface area contributed by atoms with Crippen molar-refractivity contribution >= 4 is 12.0 Å². The molecule has 2 amide bonds. The van der Waals surface area contributed by atoms with Gasteiger partial charge in [0.2, 0.25) is 5.91 Å². The predicted octanol–water partition coefficient (Wildman–Crippen LogP) is 3.54. The zero-order chi connectivity index (χ0) is 18.8. The summed E-state index contributed by atoms with van der Waals surface area (Å²) in [5, 5.41) is 2.70. The average Bonchev–Trinajstić information content (AvgIpc) is 2.94. The number of hydrogen-bond acceptors (Lipinski definition) is 3. The van der Waals surface area contributed by atoms with E-state index in [1.807, 2.05) is 0 Å². The molecule has 0 radical (unpaired) electrons. The summed E-state index contributed by atoms with van der Waals surface area (Å²) in [4.78, 5) is 26.2. The van der Waals surface area contributed by atoms with Gasteiger partial charge in [0.1, 0.15) is 23.3 Å². The van der Waals surface area contributed by atoms with Gasteiger partial charge < -0.3 is 10.1 Å². The number of benzene rings is 1. The van der Waals surface area contributed by atoms with Crippen LogP contribution in [0, 0.1) is 11.6 Å². The lowest BCUT2D eigenvalue weighted by Crippen LogP contribution is -2.48. The summed E-state index contributed by atoms with van der Waals surface area (Å²) in [5.41, 5.74) is -0.456. The molecule has 0 aliphatic carbocycles. The normalized spacial score (nSPS) is 18.8. The van der Waals surface area contributed by atoms with Crippen LogP contribution in [0.2, 0.25) is 0 Å². The van der Waals surface area contributed by atoms with Crippen molar-refractivity contribution in [3.63, 3.8) is 0 Å². The number of halogens is 2. The first kappa shape index (κ1) is 19.1. The van der Waals surface area contributed by atoms with Crippen molar-refractivity contribution in [1.82, 2.24) is 10.2 Å². The Balaban J connectivity index is 2.05. The molecular weight excluding hydrogens is 330 g/mol. The molecule has 25 heavy (non-hydrogen) atoms. The number of amides is 2. The average molecular weight is 354 g/mol. The van der Waals surface area contributed by atoms with Crippen LogP contribution in [-0.2, 0) is 9.53 Å². The molecule has 2 unspecified atom stereocenters. The van der Waals surface area contributed by atoms with Gasteiger partial charge in [-0.25, -0.2) is 13.6 Å². The van der Waals surface area contributed by atoms with Gasteiger partial charge in [-0.3, -0.25) is 9.69 Å². The topological polar surface area (TPSA) is 58.6 Å². The third kappa shape index (κ3) is 4.90. The van der Waals surface area contributed by atoms with E-state index in [2.05, 4.69) is 5.32 Å². The Morgan fingerprint density at radius 1 is 1.32 bits per heavy atom. The molecule has 1 aliphatic heterocycles. The van der Waals surface area contributed by atoms with Crippen molar-refractivity contribution in [2.75, 3.05) is 6.54 Å². The lowest BCUT2D eigenvalue weighted by molar-refractivity contribution is -0.126. The molecule has 0 saturated carbocycles. The fraction of sp³-hybridized carbons (Fsp3) is 0.556. The Morgan fingerprint density at radius 2 is 2.00 bits per heavy atom. The van der Waals surface area contributed by atoms with Crippen LogP contribution in [0.3, 0.4) is 0 Å². The third-order valence-corrected chi connectivity index (χ3v) is 3.97. The Labute approximate surface area is 146 Å². The molecule has 0 bridgehead atoms. The number of carbonyl (C=O) groups is 2. The van der Waals surface area contributed by atoms with Gasteiger partial charge >= 0.3 is 6.09 Å². The smallest absolute Gasteiger partial charge is 0.410 e. The lowest BCUT2D eigenvalue weighted by Gasteiger charge is -2.28. The maximum Gasteiger partial charge on any atom is 0.410 e. The molecule has 1 aliphatic rings. The van der Waals surface area contributed by atoms with Crippen LogP contribution >= 0.6 is 0 Å². The van der Waals surface area contributed by atoms with Crippen molar-refractivity contribution in [3.8, 4) is 0 Å². The molecule has 1 N–H and O–H groups in total. The second-order valence-corrected chi connectivity index (χ2v) is 7.23. The van der Waals surface area contributed by atoms with Gasteiger partial charge in [-0.2, -0.15) is 0 Å². The monoisotopic (exact) mass is 354 g/mol. The highest BCUT2D eigenvalue weighted by atomic mass is 19.1. The molecule has 1 saturated heterocycles. The van der Waals surface area contributed by atoms with Crippen molar-refractivity contribution < 1.29 is 23.1 Å². The van der Waals surface area contributed by atoms with Gasteiger partial charge in [0, 0.05) is 18.2 Å². The van der Waals surface area contributed by atoms with Gasteiger partial charge in [-0.1, -0.05) is 6.07 Å². The standard InChI is InChI=1S/C18H24F2N2O3/c1-11(13-8-7-12(19)10-14(13)20)21-16(23)15-6-5-9-22(15)17(24)25-18(2,3)4/h7-8,10-11,15H,5-6,9H2,1-4H3,(H,21,23). The molecule has 138 valence electrons. The van der Waals surface area contributed by atoms with Gasteiger partial charge in [-0.15, -0.1) is 0 Å². The Bertz CT molecular complexity index is 658. The fourth-order valence-corrected chi connectivity index (χ4v) is 2.82. The summed E-state index contributed by atoms with van der Waals surface area (Å²) < 4.78 is 32.2. The lowest BCUT2D eigenvalue weighted by atomic mass is 10.1. The van der Waals surface area contributed by atoms with E-state index in [4.69, 9.17) is 4.74 Å². The second kappa shape index (κ2) is 7.37.